The van der Waals surface area contributed by atoms with Gasteiger partial charge in [0.2, 0.25) is 0 Å². The van der Waals surface area contributed by atoms with E-state index in [0.717, 1.165) is 15.7 Å². The molecular formula is C25H31ClN4O4. The van der Waals surface area contributed by atoms with E-state index < -0.39 is 11.2 Å². The Balaban J connectivity index is 2.28. The van der Waals surface area contributed by atoms with E-state index in [9.17, 15) is 14.7 Å². The first-order valence-electron chi connectivity index (χ1n) is 11.3. The Morgan fingerprint density at radius 2 is 1.88 bits per heavy atom. The zero-order valence-electron chi connectivity index (χ0n) is 20.2. The predicted molar refractivity (Wildman–Crippen MR) is 134 cm³/mol. The minimum atomic E-state index is -0.488. The summed E-state index contributed by atoms with van der Waals surface area (Å²) in [7, 11) is 1.57. The molecule has 0 atom stereocenters. The van der Waals surface area contributed by atoms with Crippen molar-refractivity contribution < 1.29 is 9.84 Å². The number of aryl methyl sites for hydroxylation is 1. The number of nitrogens with zero attached hydrogens (tertiary/aromatic N) is 4. The summed E-state index contributed by atoms with van der Waals surface area (Å²) < 4.78 is 10.4. The second kappa shape index (κ2) is 10.9. The topological polar surface area (TPSA) is 91.3 Å². The van der Waals surface area contributed by atoms with E-state index in [1.54, 1.807) is 23.7 Å². The standard InChI is InChI=1S/C25H31ClN4O4/c1-6-8-20(16(2)3)17(4)34-24-27-22-21(30(24)15-18-9-11-19(26)12-10-18)23(32)29(13-7-14-31)25(33)28(22)5/h6,8-12,16,31H,7,13-15H2,1-5H3/b8-6-,20-17-. The van der Waals surface area contributed by atoms with Gasteiger partial charge in [0.1, 0.15) is 5.76 Å². The van der Waals surface area contributed by atoms with Gasteiger partial charge in [-0.3, -0.25) is 18.5 Å². The first kappa shape index (κ1) is 25.5. The molecule has 0 saturated heterocycles. The molecule has 1 N–H and O–H groups in total. The monoisotopic (exact) mass is 486 g/mol. The van der Waals surface area contributed by atoms with Gasteiger partial charge in [-0.05, 0) is 49.5 Å². The van der Waals surface area contributed by atoms with Crippen molar-refractivity contribution in [3.8, 4) is 6.01 Å². The summed E-state index contributed by atoms with van der Waals surface area (Å²) in [5.41, 5.74) is 1.43. The van der Waals surface area contributed by atoms with Gasteiger partial charge in [0.25, 0.3) is 5.56 Å². The summed E-state index contributed by atoms with van der Waals surface area (Å²) in [4.78, 5) is 30.8. The number of hydrogen-bond donors (Lipinski definition) is 1. The molecule has 8 nitrogen and oxygen atoms in total. The molecule has 3 rings (SSSR count). The van der Waals surface area contributed by atoms with Crippen LogP contribution in [0, 0.1) is 5.92 Å². The molecule has 0 radical (unpaired) electrons. The van der Waals surface area contributed by atoms with E-state index in [2.05, 4.69) is 18.8 Å². The van der Waals surface area contributed by atoms with E-state index in [-0.39, 0.29) is 42.7 Å². The number of aliphatic hydroxyl groups is 1. The summed E-state index contributed by atoms with van der Waals surface area (Å²) in [6.07, 6.45) is 4.23. The SMILES string of the molecule is C/C=C\C(=C(/C)Oc1nc2c(c(=O)n(CCCO)c(=O)n2C)n1Cc1ccc(Cl)cc1)C(C)C. The number of ether oxygens (including phenoxy) is 1. The fourth-order valence-corrected chi connectivity index (χ4v) is 3.99. The molecule has 0 bridgehead atoms. The molecule has 0 aliphatic rings. The highest BCUT2D eigenvalue weighted by Gasteiger charge is 2.22. The minimum absolute atomic E-state index is 0.109. The number of allylic oxidation sites excluding steroid dienone is 4. The number of benzene rings is 1. The first-order valence-corrected chi connectivity index (χ1v) is 11.6. The van der Waals surface area contributed by atoms with Crippen LogP contribution in [-0.4, -0.2) is 30.4 Å². The Morgan fingerprint density at radius 1 is 1.21 bits per heavy atom. The molecule has 1 aromatic carbocycles. The number of rotatable bonds is 9. The van der Waals surface area contributed by atoms with Crippen molar-refractivity contribution in [3.63, 3.8) is 0 Å². The smallest absolute Gasteiger partial charge is 0.332 e. The molecule has 0 aliphatic heterocycles. The Bertz CT molecular complexity index is 1340. The van der Waals surface area contributed by atoms with Gasteiger partial charge in [-0.15, -0.1) is 0 Å². The van der Waals surface area contributed by atoms with Gasteiger partial charge in [-0.1, -0.05) is 49.7 Å². The van der Waals surface area contributed by atoms with Crippen molar-refractivity contribution in [3.05, 3.63) is 79.2 Å². The third-order valence-electron chi connectivity index (χ3n) is 5.61. The molecule has 0 saturated carbocycles. The van der Waals surface area contributed by atoms with E-state index in [4.69, 9.17) is 16.3 Å². The Hall–Kier alpha value is -3.10. The molecule has 0 unspecified atom stereocenters. The molecule has 0 spiro atoms. The van der Waals surface area contributed by atoms with Crippen LogP contribution in [0.2, 0.25) is 5.02 Å². The Morgan fingerprint density at radius 3 is 2.47 bits per heavy atom. The third-order valence-corrected chi connectivity index (χ3v) is 5.86. The van der Waals surface area contributed by atoms with E-state index >= 15 is 0 Å². The summed E-state index contributed by atoms with van der Waals surface area (Å²) >= 11 is 6.05. The molecule has 2 heterocycles. The van der Waals surface area contributed by atoms with E-state index in [1.165, 1.54) is 4.57 Å². The number of imidazole rings is 1. The highest BCUT2D eigenvalue weighted by Crippen LogP contribution is 2.25. The molecule has 2 aromatic heterocycles. The normalized spacial score (nSPS) is 12.7. The van der Waals surface area contributed by atoms with Crippen molar-refractivity contribution in [2.45, 2.75) is 47.2 Å². The van der Waals surface area contributed by atoms with Crippen LogP contribution in [0.15, 0.2) is 57.3 Å². The molecular weight excluding hydrogens is 456 g/mol. The van der Waals surface area contributed by atoms with Gasteiger partial charge in [0.15, 0.2) is 11.2 Å². The Labute approximate surface area is 203 Å². The molecule has 0 fully saturated rings. The van der Waals surface area contributed by atoms with Crippen molar-refractivity contribution in [1.29, 1.82) is 0 Å². The van der Waals surface area contributed by atoms with Gasteiger partial charge in [0.05, 0.1) is 6.54 Å². The third kappa shape index (κ3) is 5.18. The van der Waals surface area contributed by atoms with Crippen LogP contribution < -0.4 is 16.0 Å². The molecule has 34 heavy (non-hydrogen) atoms. The maximum atomic E-state index is 13.4. The Kier molecular flexibility index (Phi) is 8.17. The van der Waals surface area contributed by atoms with Crippen LogP contribution in [-0.2, 0) is 20.1 Å². The lowest BCUT2D eigenvalue weighted by Gasteiger charge is -2.14. The minimum Gasteiger partial charge on any atom is -0.430 e. The highest BCUT2D eigenvalue weighted by molar-refractivity contribution is 6.30. The maximum absolute atomic E-state index is 13.4. The van der Waals surface area contributed by atoms with Gasteiger partial charge >= 0.3 is 11.7 Å². The van der Waals surface area contributed by atoms with Crippen molar-refractivity contribution in [2.75, 3.05) is 6.61 Å². The number of aromatic nitrogens is 4. The van der Waals surface area contributed by atoms with E-state index in [1.807, 2.05) is 38.1 Å². The van der Waals surface area contributed by atoms with Crippen molar-refractivity contribution in [1.82, 2.24) is 18.7 Å². The average molecular weight is 487 g/mol. The average Bonchev–Trinajstić information content (AvgIpc) is 3.15. The fourth-order valence-electron chi connectivity index (χ4n) is 3.87. The van der Waals surface area contributed by atoms with Crippen LogP contribution in [0.25, 0.3) is 11.2 Å². The van der Waals surface area contributed by atoms with Gasteiger partial charge in [0, 0.05) is 25.2 Å². The maximum Gasteiger partial charge on any atom is 0.332 e. The second-order valence-electron chi connectivity index (χ2n) is 8.42. The lowest BCUT2D eigenvalue weighted by atomic mass is 10.0. The quantitative estimate of drug-likeness (QED) is 0.366. The second-order valence-corrected chi connectivity index (χ2v) is 8.86. The van der Waals surface area contributed by atoms with Crippen LogP contribution >= 0.6 is 11.6 Å². The van der Waals surface area contributed by atoms with Crippen molar-refractivity contribution in [2.24, 2.45) is 13.0 Å². The largest absolute Gasteiger partial charge is 0.430 e. The van der Waals surface area contributed by atoms with Crippen LogP contribution in [0.4, 0.5) is 0 Å². The highest BCUT2D eigenvalue weighted by atomic mass is 35.5. The molecule has 0 amide bonds. The molecule has 182 valence electrons. The molecule has 9 heteroatoms. The molecule has 3 aromatic rings. The number of hydrogen-bond acceptors (Lipinski definition) is 5. The number of aliphatic hydroxyl groups excluding tert-OH is 1. The predicted octanol–water partition coefficient (Wildman–Crippen LogP) is 3.87. The van der Waals surface area contributed by atoms with Gasteiger partial charge in [-0.2, -0.15) is 4.98 Å². The summed E-state index contributed by atoms with van der Waals surface area (Å²) in [5.74, 6) is 0.872. The van der Waals surface area contributed by atoms with Gasteiger partial charge < -0.3 is 9.84 Å². The van der Waals surface area contributed by atoms with Crippen LogP contribution in [0.3, 0.4) is 0 Å². The molecule has 0 aliphatic carbocycles. The van der Waals surface area contributed by atoms with Crippen LogP contribution in [0.5, 0.6) is 6.01 Å². The number of fused-ring (bicyclic) bond motifs is 1. The lowest BCUT2D eigenvalue weighted by molar-refractivity contribution is 0.277. The van der Waals surface area contributed by atoms with Crippen LogP contribution in [0.1, 0.15) is 39.7 Å². The summed E-state index contributed by atoms with van der Waals surface area (Å²) in [6.45, 7) is 8.22. The van der Waals surface area contributed by atoms with Gasteiger partial charge in [-0.25, -0.2) is 4.79 Å². The fraction of sp³-hybridized carbons (Fsp3) is 0.400. The summed E-state index contributed by atoms with van der Waals surface area (Å²) in [6, 6.07) is 7.51. The van der Waals surface area contributed by atoms with E-state index in [0.29, 0.717) is 17.3 Å². The summed E-state index contributed by atoms with van der Waals surface area (Å²) in [5, 5.41) is 9.83. The lowest BCUT2D eigenvalue weighted by Crippen LogP contribution is -2.39. The van der Waals surface area contributed by atoms with Crippen molar-refractivity contribution >= 4 is 22.8 Å². The zero-order chi connectivity index (χ0) is 25.0. The first-order chi connectivity index (χ1) is 16.2. The zero-order valence-corrected chi connectivity index (χ0v) is 21.0. The number of halogens is 1.